The van der Waals surface area contributed by atoms with Gasteiger partial charge in [-0.1, -0.05) is 20.3 Å². The van der Waals surface area contributed by atoms with Crippen molar-refractivity contribution in [1.82, 2.24) is 5.32 Å². The monoisotopic (exact) mass is 239 g/mol. The molecule has 2 N–H and O–H groups in total. The van der Waals surface area contributed by atoms with E-state index in [2.05, 4.69) is 19.2 Å². The van der Waals surface area contributed by atoms with Gasteiger partial charge < -0.3 is 15.2 Å². The molecule has 1 heterocycles. The first-order valence-electron chi connectivity index (χ1n) is 7.14. The first-order valence-corrected chi connectivity index (χ1v) is 7.14. The fourth-order valence-corrected chi connectivity index (χ4v) is 4.27. The van der Waals surface area contributed by atoms with Crippen molar-refractivity contribution in [3.63, 3.8) is 0 Å². The Morgan fingerprint density at radius 3 is 2.82 bits per heavy atom. The number of hydrogen-bond acceptors (Lipinski definition) is 3. The molecule has 3 fully saturated rings. The Hall–Kier alpha value is -0.120. The van der Waals surface area contributed by atoms with E-state index in [9.17, 15) is 5.11 Å². The molecule has 98 valence electrons. The van der Waals surface area contributed by atoms with Gasteiger partial charge in [-0.3, -0.25) is 0 Å². The summed E-state index contributed by atoms with van der Waals surface area (Å²) in [6.45, 7) is 6.53. The molecule has 1 saturated heterocycles. The van der Waals surface area contributed by atoms with E-state index in [1.54, 1.807) is 0 Å². The van der Waals surface area contributed by atoms with E-state index < -0.39 is 0 Å². The lowest BCUT2D eigenvalue weighted by atomic mass is 9.57. The van der Waals surface area contributed by atoms with Crippen LogP contribution in [0, 0.1) is 17.3 Å². The molecule has 2 aliphatic carbocycles. The van der Waals surface area contributed by atoms with Crippen LogP contribution in [-0.2, 0) is 4.74 Å². The minimum absolute atomic E-state index is 0.0682. The minimum Gasteiger partial charge on any atom is -0.393 e. The number of hydrogen-bond donors (Lipinski definition) is 2. The number of nitrogens with one attached hydrogen (secondary N) is 1. The van der Waals surface area contributed by atoms with Gasteiger partial charge in [-0.15, -0.1) is 0 Å². The van der Waals surface area contributed by atoms with Gasteiger partial charge in [-0.25, -0.2) is 0 Å². The summed E-state index contributed by atoms with van der Waals surface area (Å²) in [6.07, 6.45) is 4.98. The van der Waals surface area contributed by atoms with Crippen LogP contribution in [0.5, 0.6) is 0 Å². The van der Waals surface area contributed by atoms with Crippen LogP contribution in [0.1, 0.15) is 39.5 Å². The normalized spacial score (nSPS) is 47.8. The molecule has 5 atom stereocenters. The van der Waals surface area contributed by atoms with E-state index >= 15 is 0 Å². The van der Waals surface area contributed by atoms with Crippen molar-refractivity contribution >= 4 is 0 Å². The number of fused-ring (bicyclic) bond motifs is 1. The summed E-state index contributed by atoms with van der Waals surface area (Å²) < 4.78 is 5.80. The number of rotatable bonds is 3. The van der Waals surface area contributed by atoms with Gasteiger partial charge in [0.1, 0.15) is 0 Å². The van der Waals surface area contributed by atoms with Crippen molar-refractivity contribution in [2.75, 3.05) is 13.2 Å². The van der Waals surface area contributed by atoms with Gasteiger partial charge in [-0.2, -0.15) is 0 Å². The second-order valence-electron chi connectivity index (χ2n) is 6.71. The Balaban J connectivity index is 1.55. The van der Waals surface area contributed by atoms with Crippen LogP contribution in [0.15, 0.2) is 0 Å². The third kappa shape index (κ3) is 1.83. The van der Waals surface area contributed by atoms with Crippen LogP contribution in [0.25, 0.3) is 0 Å². The molecule has 0 aromatic rings. The number of ether oxygens (including phenoxy) is 1. The van der Waals surface area contributed by atoms with Crippen molar-refractivity contribution in [3.05, 3.63) is 0 Å². The zero-order valence-corrected chi connectivity index (χ0v) is 11.0. The van der Waals surface area contributed by atoms with Crippen molar-refractivity contribution < 1.29 is 9.84 Å². The van der Waals surface area contributed by atoms with Gasteiger partial charge in [-0.05, 0) is 25.2 Å². The first kappa shape index (κ1) is 11.9. The molecule has 2 saturated carbocycles. The summed E-state index contributed by atoms with van der Waals surface area (Å²) in [4.78, 5) is 0. The van der Waals surface area contributed by atoms with Crippen LogP contribution in [0.2, 0.25) is 0 Å². The number of aliphatic hydroxyl groups is 1. The third-order valence-electron chi connectivity index (χ3n) is 5.32. The third-order valence-corrected chi connectivity index (χ3v) is 5.32. The van der Waals surface area contributed by atoms with E-state index in [-0.39, 0.29) is 11.5 Å². The van der Waals surface area contributed by atoms with E-state index in [1.807, 2.05) is 0 Å². The number of aliphatic hydroxyl groups excluding tert-OH is 1. The smallest absolute Gasteiger partial charge is 0.0685 e. The Labute approximate surface area is 104 Å². The van der Waals surface area contributed by atoms with Crippen LogP contribution in [0.3, 0.4) is 0 Å². The summed E-state index contributed by atoms with van der Waals surface area (Å²) in [5.74, 6) is 1.19. The largest absolute Gasteiger partial charge is 0.393 e. The summed E-state index contributed by atoms with van der Waals surface area (Å²) in [6, 6.07) is 0.586. The highest BCUT2D eigenvalue weighted by Gasteiger charge is 2.59. The minimum atomic E-state index is -0.0682. The standard InChI is InChI=1S/C14H25NO2/c1-14(2)12(10-6-7-17-13(10)14)15-8-9-4-3-5-11(9)16/h9-13,15-16H,3-8H2,1-2H3. The fraction of sp³-hybridized carbons (Fsp3) is 1.00. The van der Waals surface area contributed by atoms with Crippen molar-refractivity contribution in [2.45, 2.75) is 57.8 Å². The highest BCUT2D eigenvalue weighted by molar-refractivity contribution is 5.11. The van der Waals surface area contributed by atoms with Gasteiger partial charge in [0.2, 0.25) is 0 Å². The van der Waals surface area contributed by atoms with Crippen LogP contribution >= 0.6 is 0 Å². The molecular weight excluding hydrogens is 214 g/mol. The van der Waals surface area contributed by atoms with Crippen LogP contribution < -0.4 is 5.32 Å². The molecule has 0 radical (unpaired) electrons. The molecule has 3 heteroatoms. The predicted octanol–water partition coefficient (Wildman–Crippen LogP) is 1.55. The maximum absolute atomic E-state index is 9.85. The van der Waals surface area contributed by atoms with Crippen molar-refractivity contribution in [2.24, 2.45) is 17.3 Å². The highest BCUT2D eigenvalue weighted by Crippen LogP contribution is 2.52. The van der Waals surface area contributed by atoms with Crippen LogP contribution in [-0.4, -0.2) is 36.5 Å². The Kier molecular flexibility index (Phi) is 2.96. The highest BCUT2D eigenvalue weighted by atomic mass is 16.5. The molecule has 5 unspecified atom stereocenters. The van der Waals surface area contributed by atoms with E-state index in [0.29, 0.717) is 24.0 Å². The molecule has 3 aliphatic rings. The van der Waals surface area contributed by atoms with Gasteiger partial charge in [0, 0.05) is 30.5 Å². The molecule has 0 spiro atoms. The molecule has 3 nitrogen and oxygen atoms in total. The molecule has 0 aromatic carbocycles. The molecule has 0 amide bonds. The average Bonchev–Trinajstić information content (AvgIpc) is 2.87. The van der Waals surface area contributed by atoms with Gasteiger partial charge in [0.25, 0.3) is 0 Å². The first-order chi connectivity index (χ1) is 8.10. The summed E-state index contributed by atoms with van der Waals surface area (Å²) >= 11 is 0. The lowest BCUT2D eigenvalue weighted by molar-refractivity contribution is -0.113. The SMILES string of the molecule is CC1(C)C(NCC2CCCC2O)C2CCOC21. The Morgan fingerprint density at radius 1 is 1.29 bits per heavy atom. The predicted molar refractivity (Wildman–Crippen MR) is 66.8 cm³/mol. The van der Waals surface area contributed by atoms with Crippen molar-refractivity contribution in [1.29, 1.82) is 0 Å². The van der Waals surface area contributed by atoms with Crippen molar-refractivity contribution in [3.8, 4) is 0 Å². The lowest BCUT2D eigenvalue weighted by Crippen LogP contribution is -2.66. The summed E-state index contributed by atoms with van der Waals surface area (Å²) in [5.41, 5.74) is 0.269. The maximum Gasteiger partial charge on any atom is 0.0685 e. The zero-order valence-electron chi connectivity index (χ0n) is 11.0. The Morgan fingerprint density at radius 2 is 2.12 bits per heavy atom. The molecular formula is C14H25NO2. The lowest BCUT2D eigenvalue weighted by Gasteiger charge is -2.55. The maximum atomic E-state index is 9.85. The Bertz CT molecular complexity index is 292. The van der Waals surface area contributed by atoms with E-state index in [4.69, 9.17) is 4.74 Å². The summed E-state index contributed by atoms with van der Waals surface area (Å²) in [5, 5.41) is 13.6. The molecule has 0 bridgehead atoms. The average molecular weight is 239 g/mol. The van der Waals surface area contributed by atoms with Gasteiger partial charge >= 0.3 is 0 Å². The van der Waals surface area contributed by atoms with E-state index in [1.165, 1.54) is 19.3 Å². The zero-order chi connectivity index (χ0) is 12.0. The van der Waals surface area contributed by atoms with Gasteiger partial charge in [0.15, 0.2) is 0 Å². The molecule has 1 aliphatic heterocycles. The second-order valence-corrected chi connectivity index (χ2v) is 6.71. The summed E-state index contributed by atoms with van der Waals surface area (Å²) in [7, 11) is 0. The molecule has 0 aromatic heterocycles. The van der Waals surface area contributed by atoms with Crippen LogP contribution in [0.4, 0.5) is 0 Å². The van der Waals surface area contributed by atoms with Gasteiger partial charge in [0.05, 0.1) is 12.2 Å². The quantitative estimate of drug-likeness (QED) is 0.785. The molecule has 17 heavy (non-hydrogen) atoms. The van der Waals surface area contributed by atoms with E-state index in [0.717, 1.165) is 19.6 Å². The topological polar surface area (TPSA) is 41.5 Å². The molecule has 3 rings (SSSR count). The second kappa shape index (κ2) is 4.22. The fourth-order valence-electron chi connectivity index (χ4n) is 4.27.